The van der Waals surface area contributed by atoms with E-state index in [4.69, 9.17) is 0 Å². The molecule has 1 rings (SSSR count). The molecule has 53 valence electrons. The predicted molar refractivity (Wildman–Crippen MR) is 38.8 cm³/mol. The predicted octanol–water partition coefficient (Wildman–Crippen LogP) is 0.763. The third kappa shape index (κ3) is 2.33. The average molecular weight is 127 g/mol. The van der Waals surface area contributed by atoms with Gasteiger partial charge in [0.1, 0.15) is 0 Å². The van der Waals surface area contributed by atoms with Crippen LogP contribution in [0, 0.1) is 6.67 Å². The molecule has 1 heterocycles. The van der Waals surface area contributed by atoms with Crippen molar-refractivity contribution in [1.29, 1.82) is 0 Å². The molecule has 0 bridgehead atoms. The van der Waals surface area contributed by atoms with Gasteiger partial charge >= 0.3 is 0 Å². The zero-order valence-corrected chi connectivity index (χ0v) is 6.30. The maximum atomic E-state index is 2.36. The third-order valence-corrected chi connectivity index (χ3v) is 1.53. The van der Waals surface area contributed by atoms with Crippen molar-refractivity contribution in [1.82, 2.24) is 9.80 Å². The van der Waals surface area contributed by atoms with Crippen molar-refractivity contribution in [2.24, 2.45) is 0 Å². The summed E-state index contributed by atoms with van der Waals surface area (Å²) in [6.45, 7) is 4.67. The highest BCUT2D eigenvalue weighted by atomic mass is 15.3. The molecule has 0 N–H and O–H groups in total. The van der Waals surface area contributed by atoms with Crippen LogP contribution in [-0.4, -0.2) is 37.0 Å². The molecule has 2 heteroatoms. The van der Waals surface area contributed by atoms with Crippen molar-refractivity contribution in [3.63, 3.8) is 0 Å². The van der Waals surface area contributed by atoms with E-state index < -0.39 is 0 Å². The lowest BCUT2D eigenvalue weighted by Gasteiger charge is -2.18. The number of likely N-dealkylation sites (tertiary alicyclic amines) is 1. The van der Waals surface area contributed by atoms with Gasteiger partial charge in [0.25, 0.3) is 0 Å². The van der Waals surface area contributed by atoms with E-state index in [-0.39, 0.29) is 0 Å². The standard InChI is InChI=1S/C7H15N2/c1-8(2)7-9-5-3-4-6-9/h7H,3-6H2,1-2H3. The molecule has 1 saturated heterocycles. The highest BCUT2D eigenvalue weighted by Gasteiger charge is 2.11. The highest BCUT2D eigenvalue weighted by Crippen LogP contribution is 2.08. The Morgan fingerprint density at radius 2 is 1.78 bits per heavy atom. The summed E-state index contributed by atoms with van der Waals surface area (Å²) < 4.78 is 0. The van der Waals surface area contributed by atoms with Gasteiger partial charge in [0.05, 0.1) is 6.67 Å². The fourth-order valence-corrected chi connectivity index (χ4v) is 1.18. The second-order valence-electron chi connectivity index (χ2n) is 2.82. The summed E-state index contributed by atoms with van der Waals surface area (Å²) in [6, 6.07) is 0. The molecule has 0 aliphatic carbocycles. The van der Waals surface area contributed by atoms with Gasteiger partial charge in [-0.3, -0.25) is 9.80 Å². The van der Waals surface area contributed by atoms with Gasteiger partial charge in [0.15, 0.2) is 0 Å². The monoisotopic (exact) mass is 127 g/mol. The first-order valence-electron chi connectivity index (χ1n) is 3.54. The zero-order chi connectivity index (χ0) is 6.69. The molecule has 0 aromatic heterocycles. The summed E-state index contributed by atoms with van der Waals surface area (Å²) in [5.74, 6) is 0. The first-order chi connectivity index (χ1) is 4.29. The molecule has 9 heavy (non-hydrogen) atoms. The van der Waals surface area contributed by atoms with Crippen molar-refractivity contribution in [2.45, 2.75) is 12.8 Å². The second kappa shape index (κ2) is 3.18. The fourth-order valence-electron chi connectivity index (χ4n) is 1.18. The number of hydrogen-bond donors (Lipinski definition) is 0. The molecule has 1 aliphatic heterocycles. The maximum Gasteiger partial charge on any atom is 0.0916 e. The first kappa shape index (κ1) is 7.03. The van der Waals surface area contributed by atoms with E-state index in [0.29, 0.717) is 0 Å². The van der Waals surface area contributed by atoms with Crippen LogP contribution in [0.4, 0.5) is 0 Å². The largest absolute Gasteiger partial charge is 0.292 e. The third-order valence-electron chi connectivity index (χ3n) is 1.53. The molecule has 0 aromatic carbocycles. The van der Waals surface area contributed by atoms with Crippen molar-refractivity contribution in [3.8, 4) is 0 Å². The lowest BCUT2D eigenvalue weighted by molar-refractivity contribution is 0.288. The normalized spacial score (nSPS) is 21.7. The molecular weight excluding hydrogens is 112 g/mol. The van der Waals surface area contributed by atoms with Crippen molar-refractivity contribution < 1.29 is 0 Å². The van der Waals surface area contributed by atoms with Crippen LogP contribution < -0.4 is 0 Å². The summed E-state index contributed by atoms with van der Waals surface area (Å²) in [5, 5.41) is 0. The van der Waals surface area contributed by atoms with Crippen LogP contribution >= 0.6 is 0 Å². The van der Waals surface area contributed by atoms with E-state index in [0.717, 1.165) is 0 Å². The Morgan fingerprint density at radius 1 is 1.22 bits per heavy atom. The minimum Gasteiger partial charge on any atom is -0.292 e. The van der Waals surface area contributed by atoms with Crippen molar-refractivity contribution in [2.75, 3.05) is 27.2 Å². The zero-order valence-electron chi connectivity index (χ0n) is 6.30. The van der Waals surface area contributed by atoms with Crippen LogP contribution in [0.25, 0.3) is 0 Å². The van der Waals surface area contributed by atoms with Gasteiger partial charge in [-0.15, -0.1) is 0 Å². The first-order valence-corrected chi connectivity index (χ1v) is 3.54. The van der Waals surface area contributed by atoms with Crippen LogP contribution in [0.3, 0.4) is 0 Å². The van der Waals surface area contributed by atoms with Crippen LogP contribution in [-0.2, 0) is 0 Å². The number of rotatable bonds is 2. The Balaban J connectivity index is 2.11. The molecule has 0 amide bonds. The molecule has 0 unspecified atom stereocenters. The van der Waals surface area contributed by atoms with E-state index >= 15 is 0 Å². The Labute approximate surface area is 57.4 Å². The van der Waals surface area contributed by atoms with Crippen LogP contribution in [0.2, 0.25) is 0 Å². The maximum absolute atomic E-state index is 2.36. The highest BCUT2D eigenvalue weighted by molar-refractivity contribution is 4.71. The van der Waals surface area contributed by atoms with Crippen LogP contribution in [0.15, 0.2) is 0 Å². The molecule has 2 nitrogen and oxygen atoms in total. The number of hydrogen-bond acceptors (Lipinski definition) is 2. The molecule has 0 saturated carbocycles. The van der Waals surface area contributed by atoms with Gasteiger partial charge in [-0.05, 0) is 40.0 Å². The molecule has 0 aromatic rings. The second-order valence-corrected chi connectivity index (χ2v) is 2.82. The fraction of sp³-hybridized carbons (Fsp3) is 0.857. The Morgan fingerprint density at radius 3 is 2.22 bits per heavy atom. The van der Waals surface area contributed by atoms with Gasteiger partial charge in [0, 0.05) is 0 Å². The molecule has 1 radical (unpaired) electrons. The lowest BCUT2D eigenvalue weighted by atomic mass is 10.4. The average Bonchev–Trinajstić information content (AvgIpc) is 2.15. The van der Waals surface area contributed by atoms with Gasteiger partial charge < -0.3 is 0 Å². The van der Waals surface area contributed by atoms with E-state index in [1.54, 1.807) is 0 Å². The molecular formula is C7H15N2. The minimum atomic E-state index is 1.25. The van der Waals surface area contributed by atoms with E-state index in [1.165, 1.54) is 25.9 Å². The van der Waals surface area contributed by atoms with Crippen molar-refractivity contribution in [3.05, 3.63) is 6.67 Å². The van der Waals surface area contributed by atoms with E-state index in [9.17, 15) is 0 Å². The van der Waals surface area contributed by atoms with Gasteiger partial charge in [-0.1, -0.05) is 0 Å². The minimum absolute atomic E-state index is 1.25. The summed E-state index contributed by atoms with van der Waals surface area (Å²) in [5.41, 5.74) is 0. The Hall–Kier alpha value is -0.0800. The summed E-state index contributed by atoms with van der Waals surface area (Å²) in [6.07, 6.45) is 2.73. The SMILES string of the molecule is CN(C)[CH]N1CCCC1. The van der Waals surface area contributed by atoms with Gasteiger partial charge in [0.2, 0.25) is 0 Å². The molecule has 1 aliphatic rings. The summed E-state index contributed by atoms with van der Waals surface area (Å²) in [7, 11) is 4.14. The Kier molecular flexibility index (Phi) is 2.49. The van der Waals surface area contributed by atoms with Gasteiger partial charge in [-0.2, -0.15) is 0 Å². The quantitative estimate of drug-likeness (QED) is 0.540. The van der Waals surface area contributed by atoms with Crippen LogP contribution in [0.1, 0.15) is 12.8 Å². The molecule has 1 fully saturated rings. The summed E-state index contributed by atoms with van der Waals surface area (Å²) in [4.78, 5) is 4.46. The van der Waals surface area contributed by atoms with E-state index in [2.05, 4.69) is 30.6 Å². The Bertz CT molecular complexity index is 75.0. The van der Waals surface area contributed by atoms with Crippen molar-refractivity contribution >= 4 is 0 Å². The summed E-state index contributed by atoms with van der Waals surface area (Å²) >= 11 is 0. The lowest BCUT2D eigenvalue weighted by Crippen LogP contribution is -2.25. The van der Waals surface area contributed by atoms with Gasteiger partial charge in [-0.25, -0.2) is 0 Å². The van der Waals surface area contributed by atoms with Crippen LogP contribution in [0.5, 0.6) is 0 Å². The molecule has 0 atom stereocenters. The van der Waals surface area contributed by atoms with E-state index in [1.807, 2.05) is 0 Å². The smallest absolute Gasteiger partial charge is 0.0916 e. The molecule has 0 spiro atoms. The topological polar surface area (TPSA) is 6.48 Å². The number of nitrogens with zero attached hydrogens (tertiary/aromatic N) is 2.